The third-order valence-corrected chi connectivity index (χ3v) is 3.81. The van der Waals surface area contributed by atoms with Crippen LogP contribution in [0.4, 0.5) is 13.2 Å². The Morgan fingerprint density at radius 3 is 2.48 bits per heavy atom. The molecule has 7 heteroatoms. The highest BCUT2D eigenvalue weighted by Crippen LogP contribution is 2.36. The normalized spacial score (nSPS) is 21.5. The molecule has 1 aromatic rings. The first kappa shape index (κ1) is 15.9. The largest absolute Gasteiger partial charge is 0.446 e. The molecule has 0 aromatic heterocycles. The molecule has 0 saturated carbocycles. The van der Waals surface area contributed by atoms with Crippen LogP contribution in [0.2, 0.25) is 0 Å². The number of carbonyl (C=O) groups excluding carboxylic acids is 1. The SMILES string of the molecule is O=C(N[C@@H]1C=C[C@H](CO)C1)c1ccc(SC(F)(F)F)cc1. The van der Waals surface area contributed by atoms with E-state index < -0.39 is 5.51 Å². The molecule has 1 aliphatic carbocycles. The number of aliphatic hydroxyl groups excluding tert-OH is 1. The van der Waals surface area contributed by atoms with Crippen LogP contribution in [0.15, 0.2) is 41.3 Å². The second-order valence-electron chi connectivity index (χ2n) is 4.72. The van der Waals surface area contributed by atoms with Gasteiger partial charge in [-0.3, -0.25) is 4.79 Å². The predicted molar refractivity (Wildman–Crippen MR) is 73.9 cm³/mol. The number of amides is 1. The van der Waals surface area contributed by atoms with E-state index in [0.717, 1.165) is 0 Å². The van der Waals surface area contributed by atoms with Crippen LogP contribution in [0.25, 0.3) is 0 Å². The minimum absolute atomic E-state index is 0.0340. The van der Waals surface area contributed by atoms with Gasteiger partial charge in [-0.05, 0) is 42.4 Å². The zero-order valence-corrected chi connectivity index (χ0v) is 11.7. The number of halogens is 3. The van der Waals surface area contributed by atoms with Crippen LogP contribution in [0.5, 0.6) is 0 Å². The second-order valence-corrected chi connectivity index (χ2v) is 5.85. The molecule has 0 bridgehead atoms. The Morgan fingerprint density at radius 1 is 1.29 bits per heavy atom. The van der Waals surface area contributed by atoms with Crippen LogP contribution in [-0.2, 0) is 0 Å². The van der Waals surface area contributed by atoms with Crippen LogP contribution in [0.1, 0.15) is 16.8 Å². The van der Waals surface area contributed by atoms with E-state index in [4.69, 9.17) is 5.11 Å². The molecule has 114 valence electrons. The molecule has 0 heterocycles. The maximum atomic E-state index is 12.2. The van der Waals surface area contributed by atoms with Gasteiger partial charge in [0.1, 0.15) is 0 Å². The number of alkyl halides is 3. The van der Waals surface area contributed by atoms with E-state index in [1.54, 1.807) is 0 Å². The van der Waals surface area contributed by atoms with Gasteiger partial charge in [-0.2, -0.15) is 13.2 Å². The number of rotatable bonds is 4. The molecule has 1 aromatic carbocycles. The van der Waals surface area contributed by atoms with Crippen molar-refractivity contribution in [1.29, 1.82) is 0 Å². The van der Waals surface area contributed by atoms with Gasteiger partial charge in [-0.15, -0.1) is 0 Å². The average Bonchev–Trinajstić information content (AvgIpc) is 2.85. The van der Waals surface area contributed by atoms with Crippen LogP contribution in [0, 0.1) is 5.92 Å². The number of nitrogens with one attached hydrogen (secondary N) is 1. The lowest BCUT2D eigenvalue weighted by molar-refractivity contribution is -0.0328. The van der Waals surface area contributed by atoms with E-state index in [2.05, 4.69) is 5.32 Å². The van der Waals surface area contributed by atoms with E-state index in [1.807, 2.05) is 12.2 Å². The molecule has 2 atom stereocenters. The van der Waals surface area contributed by atoms with Crippen molar-refractivity contribution in [3.8, 4) is 0 Å². The fourth-order valence-corrected chi connectivity index (χ4v) is 2.62. The molecule has 1 amide bonds. The Labute approximate surface area is 124 Å². The van der Waals surface area contributed by atoms with Crippen molar-refractivity contribution in [2.24, 2.45) is 5.92 Å². The monoisotopic (exact) mass is 317 g/mol. The molecule has 2 rings (SSSR count). The molecule has 21 heavy (non-hydrogen) atoms. The van der Waals surface area contributed by atoms with Crippen molar-refractivity contribution in [3.05, 3.63) is 42.0 Å². The summed E-state index contributed by atoms with van der Waals surface area (Å²) in [5.41, 5.74) is -4.03. The first-order valence-corrected chi connectivity index (χ1v) is 7.15. The summed E-state index contributed by atoms with van der Waals surface area (Å²) < 4.78 is 36.6. The molecule has 0 fully saturated rings. The first-order valence-electron chi connectivity index (χ1n) is 6.33. The van der Waals surface area contributed by atoms with Gasteiger partial charge >= 0.3 is 5.51 Å². The third-order valence-electron chi connectivity index (χ3n) is 3.07. The maximum Gasteiger partial charge on any atom is 0.446 e. The van der Waals surface area contributed by atoms with Gasteiger partial charge in [0.05, 0.1) is 0 Å². The Hall–Kier alpha value is -1.47. The van der Waals surface area contributed by atoms with Crippen molar-refractivity contribution >= 4 is 17.7 Å². The molecule has 2 N–H and O–H groups in total. The summed E-state index contributed by atoms with van der Waals surface area (Å²) in [4.78, 5) is 12.0. The number of hydrogen-bond donors (Lipinski definition) is 2. The topological polar surface area (TPSA) is 49.3 Å². The minimum Gasteiger partial charge on any atom is -0.396 e. The van der Waals surface area contributed by atoms with Crippen LogP contribution in [0.3, 0.4) is 0 Å². The zero-order chi connectivity index (χ0) is 15.5. The van der Waals surface area contributed by atoms with Crippen molar-refractivity contribution in [3.63, 3.8) is 0 Å². The molecule has 0 radical (unpaired) electrons. The summed E-state index contributed by atoms with van der Waals surface area (Å²) in [5.74, 6) is -0.298. The lowest BCUT2D eigenvalue weighted by Gasteiger charge is -2.13. The molecule has 0 unspecified atom stereocenters. The first-order chi connectivity index (χ1) is 9.87. The quantitative estimate of drug-likeness (QED) is 0.663. The van der Waals surface area contributed by atoms with Gasteiger partial charge in [0, 0.05) is 29.0 Å². The smallest absolute Gasteiger partial charge is 0.396 e. The highest BCUT2D eigenvalue weighted by molar-refractivity contribution is 8.00. The van der Waals surface area contributed by atoms with Crippen molar-refractivity contribution in [1.82, 2.24) is 5.32 Å². The second kappa shape index (κ2) is 6.53. The van der Waals surface area contributed by atoms with Crippen molar-refractivity contribution < 1.29 is 23.1 Å². The number of carbonyl (C=O) groups is 1. The van der Waals surface area contributed by atoms with Gasteiger partial charge in [0.25, 0.3) is 5.91 Å². The summed E-state index contributed by atoms with van der Waals surface area (Å²) in [6.45, 7) is 0.0340. The maximum absolute atomic E-state index is 12.2. The summed E-state index contributed by atoms with van der Waals surface area (Å²) in [5, 5.41) is 11.8. The third kappa shape index (κ3) is 4.78. The lowest BCUT2D eigenvalue weighted by atomic mass is 10.1. The van der Waals surface area contributed by atoms with Crippen LogP contribution >= 0.6 is 11.8 Å². The minimum atomic E-state index is -4.34. The zero-order valence-electron chi connectivity index (χ0n) is 10.9. The summed E-state index contributed by atoms with van der Waals surface area (Å²) >= 11 is -0.213. The van der Waals surface area contributed by atoms with Gasteiger partial charge in [0.2, 0.25) is 0 Å². The standard InChI is InChI=1S/C14H14F3NO2S/c15-14(16,17)21-12-5-2-10(3-6-12)13(20)18-11-4-1-9(7-11)8-19/h1-6,9,11,19H,7-8H2,(H,18,20)/t9-,11+/m0/s1. The Balaban J connectivity index is 1.93. The van der Waals surface area contributed by atoms with Gasteiger partial charge in [-0.1, -0.05) is 12.2 Å². The van der Waals surface area contributed by atoms with E-state index in [1.165, 1.54) is 24.3 Å². The number of thioether (sulfide) groups is 1. The summed E-state index contributed by atoms with van der Waals surface area (Å²) in [6.07, 6.45) is 4.28. The molecular formula is C14H14F3NO2S. The number of benzene rings is 1. The van der Waals surface area contributed by atoms with E-state index in [9.17, 15) is 18.0 Å². The highest BCUT2D eigenvalue weighted by atomic mass is 32.2. The van der Waals surface area contributed by atoms with E-state index >= 15 is 0 Å². The Bertz CT molecular complexity index is 528. The molecule has 1 aliphatic rings. The molecule has 0 saturated heterocycles. The average molecular weight is 317 g/mol. The van der Waals surface area contributed by atoms with Crippen LogP contribution < -0.4 is 5.32 Å². The van der Waals surface area contributed by atoms with Gasteiger partial charge in [-0.25, -0.2) is 0 Å². The number of hydrogen-bond acceptors (Lipinski definition) is 3. The van der Waals surface area contributed by atoms with Crippen molar-refractivity contribution in [2.45, 2.75) is 22.9 Å². The predicted octanol–water partition coefficient (Wildman–Crippen LogP) is 2.97. The van der Waals surface area contributed by atoms with Gasteiger partial charge < -0.3 is 10.4 Å². The summed E-state index contributed by atoms with van der Waals surface area (Å²) in [7, 11) is 0. The Kier molecular flexibility index (Phi) is 4.95. The van der Waals surface area contributed by atoms with E-state index in [-0.39, 0.29) is 41.1 Å². The highest BCUT2D eigenvalue weighted by Gasteiger charge is 2.29. The molecule has 3 nitrogen and oxygen atoms in total. The Morgan fingerprint density at radius 2 is 1.95 bits per heavy atom. The van der Waals surface area contributed by atoms with E-state index in [0.29, 0.717) is 12.0 Å². The van der Waals surface area contributed by atoms with Crippen molar-refractivity contribution in [2.75, 3.05) is 6.61 Å². The number of aliphatic hydroxyl groups is 1. The molecular weight excluding hydrogens is 303 g/mol. The van der Waals surface area contributed by atoms with Gasteiger partial charge in [0.15, 0.2) is 0 Å². The fourth-order valence-electron chi connectivity index (χ4n) is 2.08. The van der Waals surface area contributed by atoms with Crippen LogP contribution in [-0.4, -0.2) is 29.2 Å². The molecule has 0 aliphatic heterocycles. The lowest BCUT2D eigenvalue weighted by Crippen LogP contribution is -2.32. The summed E-state index contributed by atoms with van der Waals surface area (Å²) in [6, 6.07) is 5.12. The molecule has 0 spiro atoms. The fraction of sp³-hybridized carbons (Fsp3) is 0.357.